The molecule has 1 saturated carbocycles. The molecule has 0 spiro atoms. The standard InChI is InChI=1S/C13H14N2O3/c16-12(17)9-4-5-11-10(6-9)14-13(18)15(11)7-8-2-1-3-8/h4-6,8H,1-3,7H2,(H,14,18)(H,16,17). The van der Waals surface area contributed by atoms with Gasteiger partial charge in [0.25, 0.3) is 0 Å². The molecule has 1 heterocycles. The van der Waals surface area contributed by atoms with E-state index in [1.165, 1.54) is 31.4 Å². The first-order valence-corrected chi connectivity index (χ1v) is 6.11. The molecule has 2 aromatic rings. The van der Waals surface area contributed by atoms with Crippen LogP contribution in [0.2, 0.25) is 0 Å². The van der Waals surface area contributed by atoms with Crippen molar-refractivity contribution in [3.05, 3.63) is 34.2 Å². The summed E-state index contributed by atoms with van der Waals surface area (Å²) in [5, 5.41) is 8.91. The lowest BCUT2D eigenvalue weighted by atomic mass is 9.85. The van der Waals surface area contributed by atoms with E-state index in [2.05, 4.69) is 4.98 Å². The number of aromatic amines is 1. The van der Waals surface area contributed by atoms with Crippen molar-refractivity contribution in [2.45, 2.75) is 25.8 Å². The number of nitrogens with one attached hydrogen (secondary N) is 1. The molecule has 1 aliphatic carbocycles. The fraction of sp³-hybridized carbons (Fsp3) is 0.385. The topological polar surface area (TPSA) is 75.1 Å². The molecule has 5 nitrogen and oxygen atoms in total. The van der Waals surface area contributed by atoms with E-state index in [4.69, 9.17) is 5.11 Å². The van der Waals surface area contributed by atoms with Gasteiger partial charge in [-0.25, -0.2) is 9.59 Å². The molecule has 1 aliphatic rings. The highest BCUT2D eigenvalue weighted by Gasteiger charge is 2.20. The zero-order valence-corrected chi connectivity index (χ0v) is 9.85. The van der Waals surface area contributed by atoms with Crippen molar-refractivity contribution in [2.75, 3.05) is 0 Å². The number of carbonyl (C=O) groups is 1. The molecule has 1 aromatic carbocycles. The highest BCUT2D eigenvalue weighted by Crippen LogP contribution is 2.28. The Bertz CT molecular complexity index is 664. The van der Waals surface area contributed by atoms with Crippen LogP contribution in [-0.4, -0.2) is 20.6 Å². The first kappa shape index (κ1) is 11.1. The number of carboxylic acid groups (broad SMARTS) is 1. The van der Waals surface area contributed by atoms with Crippen molar-refractivity contribution < 1.29 is 9.90 Å². The van der Waals surface area contributed by atoms with Crippen molar-refractivity contribution in [2.24, 2.45) is 5.92 Å². The molecule has 94 valence electrons. The third kappa shape index (κ3) is 1.72. The lowest BCUT2D eigenvalue weighted by Crippen LogP contribution is -2.25. The summed E-state index contributed by atoms with van der Waals surface area (Å²) in [6, 6.07) is 4.75. The number of aromatic nitrogens is 2. The van der Waals surface area contributed by atoms with Crippen LogP contribution < -0.4 is 5.69 Å². The molecule has 2 N–H and O–H groups in total. The highest BCUT2D eigenvalue weighted by atomic mass is 16.4. The molecule has 1 aromatic heterocycles. The SMILES string of the molecule is O=C(O)c1ccc2c(c1)[nH]c(=O)n2CC1CCC1. The summed E-state index contributed by atoms with van der Waals surface area (Å²) >= 11 is 0. The van der Waals surface area contributed by atoms with E-state index in [1.54, 1.807) is 10.6 Å². The Morgan fingerprint density at radius 3 is 2.83 bits per heavy atom. The summed E-state index contributed by atoms with van der Waals surface area (Å²) in [5.74, 6) is -0.398. The van der Waals surface area contributed by atoms with Gasteiger partial charge in [-0.2, -0.15) is 0 Å². The Morgan fingerprint density at radius 1 is 1.44 bits per heavy atom. The summed E-state index contributed by atoms with van der Waals surface area (Å²) < 4.78 is 1.71. The smallest absolute Gasteiger partial charge is 0.335 e. The van der Waals surface area contributed by atoms with Gasteiger partial charge in [-0.15, -0.1) is 0 Å². The molecule has 0 bridgehead atoms. The third-order valence-corrected chi connectivity index (χ3v) is 3.69. The number of benzene rings is 1. The van der Waals surface area contributed by atoms with Gasteiger partial charge in [0.1, 0.15) is 0 Å². The van der Waals surface area contributed by atoms with Crippen LogP contribution in [0.3, 0.4) is 0 Å². The minimum absolute atomic E-state index is 0.153. The van der Waals surface area contributed by atoms with Crippen LogP contribution in [0.1, 0.15) is 29.6 Å². The van der Waals surface area contributed by atoms with Crippen LogP contribution in [0.5, 0.6) is 0 Å². The van der Waals surface area contributed by atoms with E-state index in [1.807, 2.05) is 0 Å². The molecule has 0 amide bonds. The average Bonchev–Trinajstić information content (AvgIpc) is 2.58. The van der Waals surface area contributed by atoms with Gasteiger partial charge in [0.05, 0.1) is 16.6 Å². The largest absolute Gasteiger partial charge is 0.478 e. The third-order valence-electron chi connectivity index (χ3n) is 3.69. The molecule has 5 heteroatoms. The fourth-order valence-corrected chi connectivity index (χ4v) is 2.41. The summed E-state index contributed by atoms with van der Waals surface area (Å²) in [6.45, 7) is 0.727. The molecular weight excluding hydrogens is 232 g/mol. The summed E-state index contributed by atoms with van der Waals surface area (Å²) in [4.78, 5) is 25.4. The number of fused-ring (bicyclic) bond motifs is 1. The second-order valence-corrected chi connectivity index (χ2v) is 4.87. The fourth-order valence-electron chi connectivity index (χ4n) is 2.41. The number of hydrogen-bond donors (Lipinski definition) is 2. The molecule has 0 saturated heterocycles. The first-order valence-electron chi connectivity index (χ1n) is 6.11. The predicted molar refractivity (Wildman–Crippen MR) is 66.9 cm³/mol. The van der Waals surface area contributed by atoms with Crippen LogP contribution in [0.25, 0.3) is 11.0 Å². The average molecular weight is 246 g/mol. The number of aromatic carboxylic acids is 1. The van der Waals surface area contributed by atoms with E-state index in [0.29, 0.717) is 11.4 Å². The van der Waals surface area contributed by atoms with Gasteiger partial charge >= 0.3 is 11.7 Å². The van der Waals surface area contributed by atoms with E-state index in [9.17, 15) is 9.59 Å². The number of nitrogens with zero attached hydrogens (tertiary/aromatic N) is 1. The van der Waals surface area contributed by atoms with Crippen molar-refractivity contribution in [3.8, 4) is 0 Å². The van der Waals surface area contributed by atoms with Crippen molar-refractivity contribution in [3.63, 3.8) is 0 Å². The van der Waals surface area contributed by atoms with Crippen molar-refractivity contribution >= 4 is 17.0 Å². The zero-order chi connectivity index (χ0) is 12.7. The Balaban J connectivity index is 2.06. The monoisotopic (exact) mass is 246 g/mol. The molecule has 18 heavy (non-hydrogen) atoms. The van der Waals surface area contributed by atoms with Gasteiger partial charge in [0, 0.05) is 6.54 Å². The molecular formula is C13H14N2O3. The van der Waals surface area contributed by atoms with E-state index in [-0.39, 0.29) is 11.3 Å². The molecule has 0 atom stereocenters. The van der Waals surface area contributed by atoms with Gasteiger partial charge in [-0.1, -0.05) is 6.42 Å². The summed E-state index contributed by atoms with van der Waals surface area (Å²) in [7, 11) is 0. The van der Waals surface area contributed by atoms with Gasteiger partial charge in [-0.3, -0.25) is 4.57 Å². The maximum absolute atomic E-state index is 11.9. The molecule has 0 aliphatic heterocycles. The lowest BCUT2D eigenvalue weighted by molar-refractivity contribution is 0.0697. The molecule has 0 unspecified atom stereocenters. The Kier molecular flexibility index (Phi) is 2.47. The summed E-state index contributed by atoms with van der Waals surface area (Å²) in [6.07, 6.45) is 3.59. The van der Waals surface area contributed by atoms with E-state index >= 15 is 0 Å². The van der Waals surface area contributed by atoms with Gasteiger partial charge in [0.15, 0.2) is 0 Å². The zero-order valence-electron chi connectivity index (χ0n) is 9.85. The van der Waals surface area contributed by atoms with Crippen LogP contribution in [0.15, 0.2) is 23.0 Å². The number of carboxylic acids is 1. The maximum Gasteiger partial charge on any atom is 0.335 e. The molecule has 1 fully saturated rings. The van der Waals surface area contributed by atoms with Crippen molar-refractivity contribution in [1.82, 2.24) is 9.55 Å². The minimum Gasteiger partial charge on any atom is -0.478 e. The van der Waals surface area contributed by atoms with Crippen LogP contribution in [-0.2, 0) is 6.54 Å². The maximum atomic E-state index is 11.9. The molecule has 3 rings (SSSR count). The van der Waals surface area contributed by atoms with E-state index < -0.39 is 5.97 Å². The van der Waals surface area contributed by atoms with Crippen LogP contribution in [0.4, 0.5) is 0 Å². The highest BCUT2D eigenvalue weighted by molar-refractivity contribution is 5.92. The van der Waals surface area contributed by atoms with Gasteiger partial charge < -0.3 is 10.1 Å². The van der Waals surface area contributed by atoms with E-state index in [0.717, 1.165) is 12.1 Å². The number of hydrogen-bond acceptors (Lipinski definition) is 2. The lowest BCUT2D eigenvalue weighted by Gasteiger charge is -2.25. The second-order valence-electron chi connectivity index (χ2n) is 4.87. The Labute approximate surface area is 103 Å². The Morgan fingerprint density at radius 2 is 2.22 bits per heavy atom. The molecule has 0 radical (unpaired) electrons. The second kappa shape index (κ2) is 4.01. The minimum atomic E-state index is -0.982. The van der Waals surface area contributed by atoms with Crippen LogP contribution >= 0.6 is 0 Å². The van der Waals surface area contributed by atoms with Crippen LogP contribution in [0, 0.1) is 5.92 Å². The first-order chi connectivity index (χ1) is 8.65. The summed E-state index contributed by atoms with van der Waals surface area (Å²) in [5.41, 5.74) is 1.43. The normalized spacial score (nSPS) is 15.8. The van der Waals surface area contributed by atoms with Gasteiger partial charge in [-0.05, 0) is 37.0 Å². The quantitative estimate of drug-likeness (QED) is 0.867. The van der Waals surface area contributed by atoms with Gasteiger partial charge in [0.2, 0.25) is 0 Å². The number of rotatable bonds is 3. The predicted octanol–water partition coefficient (Wildman–Crippen LogP) is 1.83. The number of imidazole rings is 1. The number of H-pyrrole nitrogens is 1. The Hall–Kier alpha value is -2.04. The van der Waals surface area contributed by atoms with Crippen molar-refractivity contribution in [1.29, 1.82) is 0 Å².